The molecule has 0 aliphatic carbocycles. The van der Waals surface area contributed by atoms with Gasteiger partial charge in [0, 0.05) is 18.8 Å². The maximum atomic E-state index is 9.76. The van der Waals surface area contributed by atoms with E-state index in [1.165, 1.54) is 57.8 Å². The van der Waals surface area contributed by atoms with Gasteiger partial charge in [0.15, 0.2) is 6.29 Å². The minimum absolute atomic E-state index is 0.178. The summed E-state index contributed by atoms with van der Waals surface area (Å²) in [6, 6.07) is 0. The van der Waals surface area contributed by atoms with Crippen molar-refractivity contribution >= 4 is 0 Å². The lowest BCUT2D eigenvalue weighted by Gasteiger charge is -2.41. The van der Waals surface area contributed by atoms with E-state index in [9.17, 15) is 5.11 Å². The lowest BCUT2D eigenvalue weighted by atomic mass is 9.95. The minimum atomic E-state index is -1.12. The number of aliphatic hydroxyl groups excluding tert-OH is 1. The van der Waals surface area contributed by atoms with Gasteiger partial charge in [0.1, 0.15) is 6.61 Å². The van der Waals surface area contributed by atoms with Crippen LogP contribution in [0.5, 0.6) is 0 Å². The highest BCUT2D eigenvalue weighted by Crippen LogP contribution is 2.23. The molecule has 0 aromatic carbocycles. The van der Waals surface area contributed by atoms with E-state index < -0.39 is 12.2 Å². The van der Waals surface area contributed by atoms with Gasteiger partial charge in [-0.2, -0.15) is 0 Å². The summed E-state index contributed by atoms with van der Waals surface area (Å²) < 4.78 is 17.1. The molecule has 27 heavy (non-hydrogen) atoms. The first kappa shape index (κ1) is 26.8. The molecule has 2 atom stereocenters. The molecule has 0 spiro atoms. The van der Waals surface area contributed by atoms with Gasteiger partial charge in [-0.05, 0) is 41.0 Å². The second kappa shape index (κ2) is 15.7. The van der Waals surface area contributed by atoms with Gasteiger partial charge in [-0.25, -0.2) is 0 Å². The maximum Gasteiger partial charge on any atom is 0.254 e. The van der Waals surface area contributed by atoms with E-state index in [0.29, 0.717) is 13.2 Å². The van der Waals surface area contributed by atoms with Crippen molar-refractivity contribution in [2.24, 2.45) is 0 Å². The fraction of sp³-hybridized carbons (Fsp3) is 1.00. The number of rotatable bonds is 19. The molecular weight excluding hydrogens is 342 g/mol. The molecule has 5 nitrogen and oxygen atoms in total. The first-order chi connectivity index (χ1) is 12.8. The third-order valence-corrected chi connectivity index (χ3v) is 4.67. The first-order valence-corrected chi connectivity index (χ1v) is 11.2. The summed E-state index contributed by atoms with van der Waals surface area (Å²) in [7, 11) is 0. The van der Waals surface area contributed by atoms with Crippen LogP contribution < -0.4 is 5.32 Å². The van der Waals surface area contributed by atoms with Crippen molar-refractivity contribution in [3.8, 4) is 0 Å². The van der Waals surface area contributed by atoms with Gasteiger partial charge in [-0.3, -0.25) is 5.32 Å². The molecule has 0 radical (unpaired) electrons. The van der Waals surface area contributed by atoms with Crippen LogP contribution in [-0.2, 0) is 14.2 Å². The Balaban J connectivity index is 4.37. The van der Waals surface area contributed by atoms with Crippen molar-refractivity contribution in [2.75, 3.05) is 19.8 Å². The van der Waals surface area contributed by atoms with Gasteiger partial charge in [0.2, 0.25) is 0 Å². The van der Waals surface area contributed by atoms with Crippen LogP contribution in [0, 0.1) is 0 Å². The van der Waals surface area contributed by atoms with E-state index in [1.807, 2.05) is 13.8 Å². The van der Waals surface area contributed by atoms with Gasteiger partial charge in [-0.1, -0.05) is 64.7 Å². The van der Waals surface area contributed by atoms with Gasteiger partial charge >= 0.3 is 0 Å². The van der Waals surface area contributed by atoms with E-state index in [4.69, 9.17) is 14.2 Å². The summed E-state index contributed by atoms with van der Waals surface area (Å²) in [5.41, 5.74) is -0.178. The summed E-state index contributed by atoms with van der Waals surface area (Å²) in [6.45, 7) is 13.3. The monoisotopic (exact) mass is 389 g/mol. The topological polar surface area (TPSA) is 60.0 Å². The summed E-state index contributed by atoms with van der Waals surface area (Å²) in [6.07, 6.45) is 12.0. The van der Waals surface area contributed by atoms with Crippen molar-refractivity contribution in [3.05, 3.63) is 0 Å². The Morgan fingerprint density at radius 2 is 1.41 bits per heavy atom. The van der Waals surface area contributed by atoms with Crippen LogP contribution in [0.4, 0.5) is 0 Å². The molecule has 0 saturated heterocycles. The lowest BCUT2D eigenvalue weighted by molar-refractivity contribution is -0.331. The van der Waals surface area contributed by atoms with E-state index in [-0.39, 0.29) is 12.1 Å². The summed E-state index contributed by atoms with van der Waals surface area (Å²) in [5.74, 6) is -1.12. The quantitative estimate of drug-likeness (QED) is 0.230. The molecule has 164 valence electrons. The second-order valence-electron chi connectivity index (χ2n) is 8.13. The maximum absolute atomic E-state index is 9.76. The highest BCUT2D eigenvalue weighted by atomic mass is 16.8. The number of ether oxygens (including phenoxy) is 3. The van der Waals surface area contributed by atoms with Gasteiger partial charge < -0.3 is 19.3 Å². The Kier molecular flexibility index (Phi) is 15.6. The fourth-order valence-electron chi connectivity index (χ4n) is 3.41. The zero-order chi connectivity index (χ0) is 20.6. The van der Waals surface area contributed by atoms with Crippen LogP contribution in [0.3, 0.4) is 0 Å². The van der Waals surface area contributed by atoms with Crippen molar-refractivity contribution in [3.63, 3.8) is 0 Å². The van der Waals surface area contributed by atoms with E-state index in [0.717, 1.165) is 6.42 Å². The Morgan fingerprint density at radius 1 is 0.852 bits per heavy atom. The fourth-order valence-corrected chi connectivity index (χ4v) is 3.41. The third-order valence-electron chi connectivity index (χ3n) is 4.67. The van der Waals surface area contributed by atoms with Crippen LogP contribution >= 0.6 is 0 Å². The second-order valence-corrected chi connectivity index (χ2v) is 8.13. The predicted molar refractivity (Wildman–Crippen MR) is 113 cm³/mol. The molecule has 2 unspecified atom stereocenters. The SMILES string of the molecule is CCCCCCCCCCCC(C)(C)NC(COCC)(OCC)OC(C)O. The normalized spacial score (nSPS) is 15.7. The molecule has 0 bridgehead atoms. The molecule has 0 amide bonds. The molecular formula is C22H47NO4. The number of hydrogen-bond donors (Lipinski definition) is 2. The minimum Gasteiger partial charge on any atom is -0.375 e. The molecule has 0 aromatic rings. The summed E-state index contributed by atoms with van der Waals surface area (Å²) in [4.78, 5) is 0. The Labute approximate surface area is 168 Å². The number of hydrogen-bond acceptors (Lipinski definition) is 5. The molecule has 5 heteroatoms. The van der Waals surface area contributed by atoms with Crippen LogP contribution in [0.2, 0.25) is 0 Å². The molecule has 0 heterocycles. The van der Waals surface area contributed by atoms with Gasteiger partial charge in [-0.15, -0.1) is 0 Å². The number of aliphatic hydroxyl groups is 1. The van der Waals surface area contributed by atoms with Crippen LogP contribution in [-0.4, -0.2) is 42.7 Å². The van der Waals surface area contributed by atoms with Crippen molar-refractivity contribution in [1.82, 2.24) is 5.32 Å². The van der Waals surface area contributed by atoms with Crippen molar-refractivity contribution in [1.29, 1.82) is 0 Å². The standard InChI is InChI=1S/C22H47NO4/c1-7-10-11-12-13-14-15-16-17-18-21(5,6)23-22(26-9-3,19-25-8-2)27-20(4)24/h20,23-24H,7-19H2,1-6H3. The number of nitrogens with one attached hydrogen (secondary N) is 1. The molecule has 0 aliphatic rings. The zero-order valence-corrected chi connectivity index (χ0v) is 18.9. The molecule has 0 saturated carbocycles. The zero-order valence-electron chi connectivity index (χ0n) is 18.9. The average molecular weight is 390 g/mol. The Morgan fingerprint density at radius 3 is 1.89 bits per heavy atom. The van der Waals surface area contributed by atoms with Crippen LogP contribution in [0.1, 0.15) is 106 Å². The molecule has 2 N–H and O–H groups in total. The molecule has 0 aliphatic heterocycles. The van der Waals surface area contributed by atoms with Crippen LogP contribution in [0.25, 0.3) is 0 Å². The van der Waals surface area contributed by atoms with Crippen LogP contribution in [0.15, 0.2) is 0 Å². The highest BCUT2D eigenvalue weighted by molar-refractivity contribution is 4.83. The average Bonchev–Trinajstić information content (AvgIpc) is 2.57. The highest BCUT2D eigenvalue weighted by Gasteiger charge is 2.39. The molecule has 0 rings (SSSR count). The lowest BCUT2D eigenvalue weighted by Crippen LogP contribution is -2.62. The summed E-state index contributed by atoms with van der Waals surface area (Å²) in [5, 5.41) is 13.2. The van der Waals surface area contributed by atoms with E-state index in [1.54, 1.807) is 6.92 Å². The van der Waals surface area contributed by atoms with Crippen molar-refractivity contribution < 1.29 is 19.3 Å². The van der Waals surface area contributed by atoms with E-state index >= 15 is 0 Å². The smallest absolute Gasteiger partial charge is 0.254 e. The first-order valence-electron chi connectivity index (χ1n) is 11.2. The number of unbranched alkanes of at least 4 members (excludes halogenated alkanes) is 8. The molecule has 0 fully saturated rings. The third kappa shape index (κ3) is 14.5. The van der Waals surface area contributed by atoms with Gasteiger partial charge in [0.05, 0.1) is 0 Å². The van der Waals surface area contributed by atoms with Crippen molar-refractivity contribution in [2.45, 2.75) is 123 Å². The van der Waals surface area contributed by atoms with Gasteiger partial charge in [0.25, 0.3) is 5.91 Å². The Hall–Kier alpha value is -0.200. The Bertz CT molecular complexity index is 336. The summed E-state index contributed by atoms with van der Waals surface area (Å²) >= 11 is 0. The largest absolute Gasteiger partial charge is 0.375 e. The van der Waals surface area contributed by atoms with E-state index in [2.05, 4.69) is 26.1 Å². The predicted octanol–water partition coefficient (Wildman–Crippen LogP) is 5.36. The molecule has 0 aromatic heterocycles.